The van der Waals surface area contributed by atoms with E-state index >= 15 is 0 Å². The monoisotopic (exact) mass is 734 g/mol. The van der Waals surface area contributed by atoms with Gasteiger partial charge in [-0.2, -0.15) is 0 Å². The Morgan fingerprint density at radius 3 is 2.39 bits per heavy atom. The van der Waals surface area contributed by atoms with Crippen molar-refractivity contribution in [1.29, 1.82) is 0 Å². The first-order chi connectivity index (χ1) is 24.6. The first-order valence-corrected chi connectivity index (χ1v) is 17.6. The molecule has 1 atom stereocenters. The van der Waals surface area contributed by atoms with Crippen LogP contribution >= 0.6 is 22.9 Å². The summed E-state index contributed by atoms with van der Waals surface area (Å²) in [5, 5.41) is 0.323. The predicted molar refractivity (Wildman–Crippen MR) is 194 cm³/mol. The van der Waals surface area contributed by atoms with Crippen molar-refractivity contribution in [3.05, 3.63) is 113 Å². The maximum absolute atomic E-state index is 14.3. The molecule has 11 nitrogen and oxygen atoms in total. The number of hydrogen-bond acceptors (Lipinski definition) is 11. The van der Waals surface area contributed by atoms with E-state index in [1.54, 1.807) is 57.2 Å². The molecular formula is C38H39ClN2O9S. The molecule has 0 unspecified atom stereocenters. The maximum Gasteiger partial charge on any atom is 0.343 e. The Labute approximate surface area is 304 Å². The summed E-state index contributed by atoms with van der Waals surface area (Å²) in [4.78, 5) is 44.5. The van der Waals surface area contributed by atoms with Crippen LogP contribution in [0, 0.1) is 6.92 Å². The minimum absolute atomic E-state index is 0.130. The third kappa shape index (κ3) is 8.46. The highest BCUT2D eigenvalue weighted by Gasteiger charge is 2.34. The molecule has 3 aromatic carbocycles. The second-order valence-corrected chi connectivity index (χ2v) is 12.8. The summed E-state index contributed by atoms with van der Waals surface area (Å²) in [7, 11) is 1.27. The molecule has 0 spiro atoms. The van der Waals surface area contributed by atoms with E-state index in [1.807, 2.05) is 38.1 Å². The van der Waals surface area contributed by atoms with Gasteiger partial charge in [-0.25, -0.2) is 14.6 Å². The smallest absolute Gasteiger partial charge is 0.343 e. The molecule has 1 aliphatic heterocycles. The summed E-state index contributed by atoms with van der Waals surface area (Å²) >= 11 is 7.93. The van der Waals surface area contributed by atoms with Crippen LogP contribution in [-0.4, -0.2) is 50.0 Å². The molecule has 0 aliphatic carbocycles. The zero-order valence-corrected chi connectivity index (χ0v) is 30.8. The second-order valence-electron chi connectivity index (χ2n) is 11.3. The van der Waals surface area contributed by atoms with Crippen LogP contribution in [0.25, 0.3) is 6.08 Å². The van der Waals surface area contributed by atoms with Crippen LogP contribution in [0.4, 0.5) is 0 Å². The van der Waals surface area contributed by atoms with E-state index in [2.05, 4.69) is 4.99 Å². The quantitative estimate of drug-likeness (QED) is 0.150. The molecule has 2 heterocycles. The van der Waals surface area contributed by atoms with Crippen molar-refractivity contribution in [2.45, 2.75) is 47.3 Å². The van der Waals surface area contributed by atoms with Crippen LogP contribution in [0.3, 0.4) is 0 Å². The van der Waals surface area contributed by atoms with E-state index in [4.69, 9.17) is 40.0 Å². The molecule has 5 rings (SSSR count). The van der Waals surface area contributed by atoms with Crippen molar-refractivity contribution in [3.8, 4) is 23.0 Å². The number of ether oxygens (including phenoxy) is 6. The normalized spacial score (nSPS) is 14.0. The number of esters is 2. The molecule has 1 aliphatic rings. The summed E-state index contributed by atoms with van der Waals surface area (Å²) in [5.74, 6) is 0.296. The highest BCUT2D eigenvalue weighted by atomic mass is 35.5. The number of halogens is 1. The maximum atomic E-state index is 14.3. The van der Waals surface area contributed by atoms with Gasteiger partial charge in [-0.1, -0.05) is 58.8 Å². The average Bonchev–Trinajstić information content (AvgIpc) is 3.40. The van der Waals surface area contributed by atoms with Gasteiger partial charge in [0.2, 0.25) is 0 Å². The van der Waals surface area contributed by atoms with Gasteiger partial charge < -0.3 is 28.4 Å². The first-order valence-electron chi connectivity index (χ1n) is 16.4. The summed E-state index contributed by atoms with van der Waals surface area (Å²) in [6, 6.07) is 15.6. The van der Waals surface area contributed by atoms with Crippen LogP contribution in [0.1, 0.15) is 56.0 Å². The Balaban J connectivity index is 1.60. The molecule has 0 bridgehead atoms. The Morgan fingerprint density at radius 2 is 1.69 bits per heavy atom. The molecule has 0 amide bonds. The number of carbonyl (C=O) groups excluding carboxylic acids is 2. The molecule has 1 aromatic heterocycles. The fourth-order valence-electron chi connectivity index (χ4n) is 5.57. The van der Waals surface area contributed by atoms with Gasteiger partial charge in [0, 0.05) is 0 Å². The largest absolute Gasteiger partial charge is 0.490 e. The number of carbonyl (C=O) groups is 2. The number of allylic oxidation sites excluding steroid dienone is 1. The molecule has 0 radical (unpaired) electrons. The van der Waals surface area contributed by atoms with Crippen LogP contribution in [0.15, 0.2) is 75.7 Å². The van der Waals surface area contributed by atoms with Gasteiger partial charge in [-0.15, -0.1) is 0 Å². The third-order valence-electron chi connectivity index (χ3n) is 7.77. The SMILES string of the molecule is CCOC(=O)C1=C(C)N=c2s/c(=C\c3cc(Cl)c(OCc4cccc(C)c4)c(OCC)c3)c(=O)n2[C@@H]1c1ccc(OCC(=O)OC)c(OCC)c1. The third-order valence-corrected chi connectivity index (χ3v) is 9.03. The van der Waals surface area contributed by atoms with Gasteiger partial charge in [0.05, 0.1) is 53.8 Å². The number of thiazole rings is 1. The molecule has 4 aromatic rings. The lowest BCUT2D eigenvalue weighted by Crippen LogP contribution is -2.40. The van der Waals surface area contributed by atoms with E-state index in [0.717, 1.165) is 11.1 Å². The van der Waals surface area contributed by atoms with Gasteiger partial charge in [0.15, 0.2) is 34.4 Å². The number of benzene rings is 3. The molecule has 13 heteroatoms. The zero-order valence-electron chi connectivity index (χ0n) is 29.2. The van der Waals surface area contributed by atoms with E-state index in [1.165, 1.54) is 23.0 Å². The van der Waals surface area contributed by atoms with Gasteiger partial charge >= 0.3 is 11.9 Å². The Bertz CT molecular complexity index is 2150. The number of aryl methyl sites for hydroxylation is 1. The molecule has 0 saturated heterocycles. The van der Waals surface area contributed by atoms with Crippen LogP contribution < -0.4 is 33.8 Å². The van der Waals surface area contributed by atoms with Crippen LogP contribution in [0.2, 0.25) is 5.02 Å². The summed E-state index contributed by atoms with van der Waals surface area (Å²) in [5.41, 5.74) is 3.50. The van der Waals surface area contributed by atoms with Crippen molar-refractivity contribution in [2.75, 3.05) is 33.5 Å². The van der Waals surface area contributed by atoms with Crippen molar-refractivity contribution < 1.29 is 38.0 Å². The summed E-state index contributed by atoms with van der Waals surface area (Å²) in [6.45, 7) is 9.86. The first kappa shape index (κ1) is 37.2. The lowest BCUT2D eigenvalue weighted by atomic mass is 9.95. The predicted octanol–water partition coefficient (Wildman–Crippen LogP) is 5.69. The Kier molecular flexibility index (Phi) is 12.2. The van der Waals surface area contributed by atoms with Gasteiger partial charge in [-0.05, 0) is 81.7 Å². The number of rotatable bonds is 14. The van der Waals surface area contributed by atoms with E-state index in [-0.39, 0.29) is 24.3 Å². The molecule has 0 fully saturated rings. The summed E-state index contributed by atoms with van der Waals surface area (Å²) < 4.78 is 35.5. The number of hydrogen-bond donors (Lipinski definition) is 0. The topological polar surface area (TPSA) is 124 Å². The number of nitrogens with zero attached hydrogens (tertiary/aromatic N) is 2. The molecule has 0 saturated carbocycles. The molecular weight excluding hydrogens is 696 g/mol. The summed E-state index contributed by atoms with van der Waals surface area (Å²) in [6.07, 6.45) is 1.71. The Hall–Kier alpha value is -5.07. The van der Waals surface area contributed by atoms with Crippen molar-refractivity contribution in [1.82, 2.24) is 4.57 Å². The van der Waals surface area contributed by atoms with Crippen molar-refractivity contribution in [3.63, 3.8) is 0 Å². The number of methoxy groups -OCH3 is 1. The lowest BCUT2D eigenvalue weighted by molar-refractivity contribution is -0.143. The van der Waals surface area contributed by atoms with Gasteiger partial charge in [0.25, 0.3) is 5.56 Å². The number of fused-ring (bicyclic) bond motifs is 1. The number of aromatic nitrogens is 1. The van der Waals surface area contributed by atoms with Crippen LogP contribution in [0.5, 0.6) is 23.0 Å². The van der Waals surface area contributed by atoms with Gasteiger partial charge in [0.1, 0.15) is 6.61 Å². The molecule has 268 valence electrons. The van der Waals surface area contributed by atoms with Crippen molar-refractivity contribution in [2.24, 2.45) is 4.99 Å². The fraction of sp³-hybridized carbons (Fsp3) is 0.316. The van der Waals surface area contributed by atoms with Crippen LogP contribution in [-0.2, 0) is 25.7 Å². The highest BCUT2D eigenvalue weighted by Crippen LogP contribution is 2.38. The lowest BCUT2D eigenvalue weighted by Gasteiger charge is -2.25. The standard InChI is InChI=1S/C38H39ClN2O9S/c1-7-46-29-19-26(13-14-28(29)49-21-32(42)45-6)34-33(37(44)48-9-3)23(5)40-38-41(34)36(43)31(51-38)18-25-16-27(39)35(30(17-25)47-8-2)50-20-24-12-10-11-22(4)15-24/h10-19,34H,7-9,20-21H2,1-6H3/b31-18-/t34-/m1/s1. The van der Waals surface area contributed by atoms with Crippen molar-refractivity contribution >= 4 is 41.0 Å². The minimum Gasteiger partial charge on any atom is -0.490 e. The minimum atomic E-state index is -0.906. The average molecular weight is 735 g/mol. The van der Waals surface area contributed by atoms with E-state index in [0.29, 0.717) is 74.0 Å². The fourth-order valence-corrected chi connectivity index (χ4v) is 6.89. The van der Waals surface area contributed by atoms with E-state index < -0.39 is 18.0 Å². The molecule has 0 N–H and O–H groups in total. The van der Waals surface area contributed by atoms with Gasteiger partial charge in [-0.3, -0.25) is 9.36 Å². The highest BCUT2D eigenvalue weighted by molar-refractivity contribution is 7.07. The Morgan fingerprint density at radius 1 is 0.922 bits per heavy atom. The zero-order chi connectivity index (χ0) is 36.7. The van der Waals surface area contributed by atoms with E-state index in [9.17, 15) is 14.4 Å². The molecule has 51 heavy (non-hydrogen) atoms. The second kappa shape index (κ2) is 16.8.